The molecule has 0 aromatic rings. The molecule has 121 valence electrons. The van der Waals surface area contributed by atoms with Crippen LogP contribution in [-0.4, -0.2) is 0 Å². The van der Waals surface area contributed by atoms with Gasteiger partial charge in [-0.15, -0.1) is 0 Å². The average molecular weight is 282 g/mol. The molecule has 0 aromatic carbocycles. The quantitative estimate of drug-likeness (QED) is 0.271. The molecule has 0 rings (SSSR count). The minimum absolute atomic E-state index is 0.884. The predicted molar refractivity (Wildman–Crippen MR) is 94.0 cm³/mol. The van der Waals surface area contributed by atoms with Crippen LogP contribution in [0.25, 0.3) is 0 Å². The van der Waals surface area contributed by atoms with Crippen LogP contribution in [0.3, 0.4) is 0 Å². The van der Waals surface area contributed by atoms with Crippen LogP contribution in [0.4, 0.5) is 0 Å². The van der Waals surface area contributed by atoms with Crippen molar-refractivity contribution in [3.63, 3.8) is 0 Å². The highest BCUT2D eigenvalue weighted by Crippen LogP contribution is 2.27. The molecule has 0 aliphatic heterocycles. The summed E-state index contributed by atoms with van der Waals surface area (Å²) in [7, 11) is 0. The third-order valence-corrected chi connectivity index (χ3v) is 4.59. The molecular weight excluding hydrogens is 240 g/mol. The summed E-state index contributed by atoms with van der Waals surface area (Å²) < 4.78 is 0. The Morgan fingerprint density at radius 1 is 0.550 bits per heavy atom. The van der Waals surface area contributed by atoms with Crippen LogP contribution in [0.5, 0.6) is 0 Å². The molecule has 0 bridgehead atoms. The van der Waals surface area contributed by atoms with E-state index in [1.165, 1.54) is 83.5 Å². The zero-order chi connectivity index (χ0) is 15.1. The molecule has 0 spiro atoms. The van der Waals surface area contributed by atoms with Gasteiger partial charge in [0.25, 0.3) is 0 Å². The highest BCUT2D eigenvalue weighted by molar-refractivity contribution is 4.83. The maximum atomic E-state index is 2.74. The summed E-state index contributed by atoms with van der Waals surface area (Å²) in [5, 5.41) is 0. The molecule has 2 unspecified atom stereocenters. The van der Waals surface area contributed by atoms with Crippen molar-refractivity contribution in [2.45, 2.75) is 111 Å². The Morgan fingerprint density at radius 3 is 1.55 bits per heavy atom. The Bertz CT molecular complexity index is 173. The molecule has 0 saturated heterocycles. The summed E-state index contributed by atoms with van der Waals surface area (Å²) in [4.78, 5) is 0. The number of unbranched alkanes of at least 4 members (excludes halogenated alkanes) is 6. The fourth-order valence-corrected chi connectivity index (χ4v) is 3.20. The van der Waals surface area contributed by atoms with Gasteiger partial charge in [-0.25, -0.2) is 0 Å². The topological polar surface area (TPSA) is 0 Å². The van der Waals surface area contributed by atoms with E-state index in [0.29, 0.717) is 0 Å². The van der Waals surface area contributed by atoms with E-state index >= 15 is 0 Å². The molecule has 1 radical (unpaired) electrons. The molecular formula is C20H41. The van der Waals surface area contributed by atoms with Gasteiger partial charge >= 0.3 is 0 Å². The lowest BCUT2D eigenvalue weighted by Gasteiger charge is -2.22. The van der Waals surface area contributed by atoms with Crippen molar-refractivity contribution in [1.29, 1.82) is 0 Å². The second-order valence-electron chi connectivity index (χ2n) is 6.61. The minimum atomic E-state index is 0.884. The molecule has 20 heavy (non-hydrogen) atoms. The van der Waals surface area contributed by atoms with E-state index in [9.17, 15) is 0 Å². The van der Waals surface area contributed by atoms with Crippen LogP contribution in [0, 0.1) is 18.3 Å². The molecule has 2 atom stereocenters. The normalized spacial score (nSPS) is 14.4. The van der Waals surface area contributed by atoms with E-state index in [2.05, 4.69) is 34.1 Å². The van der Waals surface area contributed by atoms with Gasteiger partial charge in [0, 0.05) is 0 Å². The molecule has 0 aliphatic rings. The first-order valence-electron chi connectivity index (χ1n) is 9.63. The van der Waals surface area contributed by atoms with E-state index in [1.54, 1.807) is 0 Å². The van der Waals surface area contributed by atoms with Crippen molar-refractivity contribution >= 4 is 0 Å². The van der Waals surface area contributed by atoms with Crippen molar-refractivity contribution < 1.29 is 0 Å². The maximum Gasteiger partial charge on any atom is -0.0324 e. The Morgan fingerprint density at radius 2 is 1.10 bits per heavy atom. The number of rotatable bonds is 15. The Labute approximate surface area is 130 Å². The van der Waals surface area contributed by atoms with Crippen molar-refractivity contribution in [2.24, 2.45) is 11.8 Å². The smallest absolute Gasteiger partial charge is 0.0324 e. The molecule has 0 aromatic heterocycles. The monoisotopic (exact) mass is 281 g/mol. The summed E-state index contributed by atoms with van der Waals surface area (Å²) >= 11 is 0. The van der Waals surface area contributed by atoms with Crippen LogP contribution in [0.1, 0.15) is 111 Å². The van der Waals surface area contributed by atoms with Gasteiger partial charge in [0.2, 0.25) is 0 Å². The second-order valence-corrected chi connectivity index (χ2v) is 6.61. The summed E-state index contributed by atoms with van der Waals surface area (Å²) in [5.41, 5.74) is 0. The first-order valence-corrected chi connectivity index (χ1v) is 9.63. The Balaban J connectivity index is 3.90. The number of hydrogen-bond donors (Lipinski definition) is 0. The minimum Gasteiger partial charge on any atom is -0.0654 e. The van der Waals surface area contributed by atoms with E-state index in [0.717, 1.165) is 11.8 Å². The predicted octanol–water partition coefficient (Wildman–Crippen LogP) is 7.57. The zero-order valence-corrected chi connectivity index (χ0v) is 14.9. The van der Waals surface area contributed by atoms with Crippen LogP contribution in [-0.2, 0) is 0 Å². The van der Waals surface area contributed by atoms with Crippen molar-refractivity contribution in [1.82, 2.24) is 0 Å². The van der Waals surface area contributed by atoms with Crippen molar-refractivity contribution in [3.8, 4) is 0 Å². The zero-order valence-electron chi connectivity index (χ0n) is 14.9. The molecule has 0 saturated carbocycles. The maximum absolute atomic E-state index is 2.74. The number of hydrogen-bond acceptors (Lipinski definition) is 0. The van der Waals surface area contributed by atoms with Gasteiger partial charge in [0.05, 0.1) is 0 Å². The lowest BCUT2D eigenvalue weighted by atomic mass is 9.83. The van der Waals surface area contributed by atoms with E-state index in [-0.39, 0.29) is 0 Å². The highest BCUT2D eigenvalue weighted by Gasteiger charge is 2.14. The lowest BCUT2D eigenvalue weighted by molar-refractivity contribution is 0.389. The van der Waals surface area contributed by atoms with Gasteiger partial charge in [-0.2, -0.15) is 0 Å². The van der Waals surface area contributed by atoms with Crippen molar-refractivity contribution in [2.75, 3.05) is 0 Å². The van der Waals surface area contributed by atoms with E-state index in [1.807, 2.05) is 0 Å². The van der Waals surface area contributed by atoms with Crippen LogP contribution >= 0.6 is 0 Å². The molecule has 0 amide bonds. The Hall–Kier alpha value is 0. The largest absolute Gasteiger partial charge is 0.0654 e. The van der Waals surface area contributed by atoms with Gasteiger partial charge in [-0.3, -0.25) is 0 Å². The van der Waals surface area contributed by atoms with Gasteiger partial charge in [-0.05, 0) is 18.3 Å². The summed E-state index contributed by atoms with van der Waals surface area (Å²) in [6, 6.07) is 0. The molecule has 0 nitrogen and oxygen atoms in total. The summed E-state index contributed by atoms with van der Waals surface area (Å²) in [6.07, 6.45) is 21.1. The summed E-state index contributed by atoms with van der Waals surface area (Å²) in [6.45, 7) is 9.33. The fraction of sp³-hybridized carbons (Fsp3) is 0.950. The molecule has 0 fully saturated rings. The first-order chi connectivity index (χ1) is 9.78. The van der Waals surface area contributed by atoms with Crippen LogP contribution < -0.4 is 0 Å². The first kappa shape index (κ1) is 20.0. The van der Waals surface area contributed by atoms with Gasteiger partial charge < -0.3 is 0 Å². The lowest BCUT2D eigenvalue weighted by Crippen LogP contribution is -2.10. The Kier molecular flexibility index (Phi) is 15.4. The molecule has 0 heterocycles. The van der Waals surface area contributed by atoms with Gasteiger partial charge in [0.15, 0.2) is 0 Å². The average Bonchev–Trinajstić information content (AvgIpc) is 2.46. The molecule has 0 N–H and O–H groups in total. The highest BCUT2D eigenvalue weighted by atomic mass is 14.2. The second kappa shape index (κ2) is 15.4. The third kappa shape index (κ3) is 11.8. The van der Waals surface area contributed by atoms with Crippen LogP contribution in [0.15, 0.2) is 0 Å². The molecule has 0 aliphatic carbocycles. The molecule has 0 heteroatoms. The van der Waals surface area contributed by atoms with Gasteiger partial charge in [0.1, 0.15) is 0 Å². The fourth-order valence-electron chi connectivity index (χ4n) is 3.20. The SMILES string of the molecule is CCCCCCC([CH]C(CCC)CCCCCC)CC. The standard InChI is InChI=1S/C20H41/c1-5-9-11-13-16-19(8-4)18-20(15-7-3)17-14-12-10-6-2/h18-20H,5-17H2,1-4H3. The van der Waals surface area contributed by atoms with Crippen LogP contribution in [0.2, 0.25) is 0 Å². The third-order valence-electron chi connectivity index (χ3n) is 4.59. The van der Waals surface area contributed by atoms with Crippen molar-refractivity contribution in [3.05, 3.63) is 6.42 Å². The van der Waals surface area contributed by atoms with E-state index < -0.39 is 0 Å². The summed E-state index contributed by atoms with van der Waals surface area (Å²) in [5.74, 6) is 1.78. The van der Waals surface area contributed by atoms with E-state index in [4.69, 9.17) is 0 Å². The van der Waals surface area contributed by atoms with Gasteiger partial charge in [-0.1, -0.05) is 111 Å².